The summed E-state index contributed by atoms with van der Waals surface area (Å²) in [5.74, 6) is 0. The zero-order chi connectivity index (χ0) is 12.3. The van der Waals surface area contributed by atoms with Crippen molar-refractivity contribution >= 4 is 33.4 Å². The number of hydrogen-bond acceptors (Lipinski definition) is 3. The molecule has 6 nitrogen and oxygen atoms in total. The van der Waals surface area contributed by atoms with Crippen LogP contribution in [0.5, 0.6) is 0 Å². The Bertz CT molecular complexity index is 436. The van der Waals surface area contributed by atoms with Gasteiger partial charge >= 0.3 is 6.09 Å². The summed E-state index contributed by atoms with van der Waals surface area (Å²) in [6.07, 6.45) is -1.21. The average Bonchev–Trinajstić information content (AvgIpc) is 2.20. The highest BCUT2D eigenvalue weighted by atomic mass is 79.9. The molecule has 0 saturated heterocycles. The van der Waals surface area contributed by atoms with Crippen molar-refractivity contribution < 1.29 is 14.8 Å². The lowest BCUT2D eigenvalue weighted by atomic mass is 10.2. The van der Waals surface area contributed by atoms with Gasteiger partial charge in [-0.3, -0.25) is 15.0 Å². The van der Waals surface area contributed by atoms with Gasteiger partial charge in [-0.15, -0.1) is 0 Å². The molecule has 0 aliphatic rings. The van der Waals surface area contributed by atoms with Crippen LogP contribution >= 0.6 is 15.9 Å². The third-order valence-electron chi connectivity index (χ3n) is 1.97. The van der Waals surface area contributed by atoms with Crippen LogP contribution in [0.3, 0.4) is 0 Å². The van der Waals surface area contributed by atoms with E-state index in [2.05, 4.69) is 15.9 Å². The molecule has 0 unspecified atom stereocenters. The van der Waals surface area contributed by atoms with Crippen molar-refractivity contribution in [3.63, 3.8) is 0 Å². The molecule has 0 spiro atoms. The van der Waals surface area contributed by atoms with Crippen LogP contribution in [0.4, 0.5) is 16.2 Å². The van der Waals surface area contributed by atoms with Crippen LogP contribution in [0, 0.1) is 10.1 Å². The van der Waals surface area contributed by atoms with E-state index in [1.165, 1.54) is 12.1 Å². The second kappa shape index (κ2) is 4.93. The molecule has 0 aliphatic heterocycles. The highest BCUT2D eigenvalue weighted by molar-refractivity contribution is 9.10. The summed E-state index contributed by atoms with van der Waals surface area (Å²) >= 11 is 3.10. The molecule has 1 aromatic carbocycles. The number of hydrogen-bond donors (Lipinski definition) is 1. The first kappa shape index (κ1) is 12.4. The molecule has 0 heterocycles. The molecule has 0 radical (unpaired) electrons. The molecule has 16 heavy (non-hydrogen) atoms. The molecular formula is C9H9BrN2O4. The molecule has 7 heteroatoms. The average molecular weight is 289 g/mol. The number of rotatable bonds is 3. The first-order chi connectivity index (χ1) is 7.47. The minimum atomic E-state index is -1.21. The van der Waals surface area contributed by atoms with Gasteiger partial charge in [-0.2, -0.15) is 0 Å². The topological polar surface area (TPSA) is 83.7 Å². The molecule has 0 atom stereocenters. The summed E-state index contributed by atoms with van der Waals surface area (Å²) < 4.78 is 0.532. The van der Waals surface area contributed by atoms with Gasteiger partial charge in [0, 0.05) is 17.1 Å². The molecule has 86 valence electrons. The van der Waals surface area contributed by atoms with Gasteiger partial charge in [0.15, 0.2) is 0 Å². The van der Waals surface area contributed by atoms with Crippen molar-refractivity contribution in [2.45, 2.75) is 6.92 Å². The lowest BCUT2D eigenvalue weighted by Gasteiger charge is -2.16. The summed E-state index contributed by atoms with van der Waals surface area (Å²) in [4.78, 5) is 22.0. The molecule has 1 amide bonds. The van der Waals surface area contributed by atoms with E-state index < -0.39 is 11.0 Å². The van der Waals surface area contributed by atoms with E-state index in [4.69, 9.17) is 5.11 Å². The van der Waals surface area contributed by atoms with E-state index in [1.807, 2.05) is 0 Å². The van der Waals surface area contributed by atoms with E-state index >= 15 is 0 Å². The normalized spacial score (nSPS) is 9.88. The number of amides is 1. The number of carbonyl (C=O) groups is 1. The summed E-state index contributed by atoms with van der Waals surface area (Å²) in [5, 5.41) is 19.7. The first-order valence-corrected chi connectivity index (χ1v) is 5.21. The standard InChI is InChI=1S/C9H9BrN2O4/c1-2-11(9(13)14)7-4-3-6(10)5-8(7)12(15)16/h3-5H,2H2,1H3,(H,13,14). The minimum absolute atomic E-state index is 0.0724. The Morgan fingerprint density at radius 1 is 1.62 bits per heavy atom. The van der Waals surface area contributed by atoms with Gasteiger partial charge in [0.2, 0.25) is 0 Å². The molecule has 0 fully saturated rings. The highest BCUT2D eigenvalue weighted by Crippen LogP contribution is 2.31. The number of benzene rings is 1. The molecule has 1 N–H and O–H groups in total. The Hall–Kier alpha value is -1.63. The van der Waals surface area contributed by atoms with E-state index in [1.54, 1.807) is 13.0 Å². The monoisotopic (exact) mass is 288 g/mol. The quantitative estimate of drug-likeness (QED) is 0.685. The smallest absolute Gasteiger partial charge is 0.412 e. The van der Waals surface area contributed by atoms with Gasteiger partial charge in [-0.1, -0.05) is 15.9 Å². The van der Waals surface area contributed by atoms with Crippen molar-refractivity contribution in [1.82, 2.24) is 0 Å². The van der Waals surface area contributed by atoms with Crippen LogP contribution in [0.15, 0.2) is 22.7 Å². The SMILES string of the molecule is CCN(C(=O)O)c1ccc(Br)cc1[N+](=O)[O-]. The lowest BCUT2D eigenvalue weighted by molar-refractivity contribution is -0.384. The molecule has 0 bridgehead atoms. The molecule has 0 aromatic heterocycles. The fraction of sp³-hybridized carbons (Fsp3) is 0.222. The number of nitro benzene ring substituents is 1. The fourth-order valence-corrected chi connectivity index (χ4v) is 1.63. The minimum Gasteiger partial charge on any atom is -0.465 e. The fourth-order valence-electron chi connectivity index (χ4n) is 1.28. The summed E-state index contributed by atoms with van der Waals surface area (Å²) in [6, 6.07) is 4.24. The van der Waals surface area contributed by atoms with E-state index in [9.17, 15) is 14.9 Å². The number of halogens is 1. The van der Waals surface area contributed by atoms with Crippen LogP contribution in [-0.4, -0.2) is 22.7 Å². The lowest BCUT2D eigenvalue weighted by Crippen LogP contribution is -2.29. The van der Waals surface area contributed by atoms with Crippen LogP contribution in [0.25, 0.3) is 0 Å². The van der Waals surface area contributed by atoms with Crippen molar-refractivity contribution in [1.29, 1.82) is 0 Å². The Morgan fingerprint density at radius 3 is 2.69 bits per heavy atom. The van der Waals surface area contributed by atoms with Crippen molar-refractivity contribution in [3.05, 3.63) is 32.8 Å². The first-order valence-electron chi connectivity index (χ1n) is 4.41. The largest absolute Gasteiger partial charge is 0.465 e. The maximum Gasteiger partial charge on any atom is 0.412 e. The predicted molar refractivity (Wildman–Crippen MR) is 61.8 cm³/mol. The Morgan fingerprint density at radius 2 is 2.25 bits per heavy atom. The van der Waals surface area contributed by atoms with Crippen LogP contribution < -0.4 is 4.90 Å². The van der Waals surface area contributed by atoms with Crippen molar-refractivity contribution in [2.75, 3.05) is 11.4 Å². The van der Waals surface area contributed by atoms with Crippen LogP contribution in [0.1, 0.15) is 6.92 Å². The Labute approximate surface area is 99.8 Å². The van der Waals surface area contributed by atoms with Gasteiger partial charge in [0.25, 0.3) is 5.69 Å². The van der Waals surface area contributed by atoms with Gasteiger partial charge in [0.1, 0.15) is 5.69 Å². The molecule has 0 saturated carbocycles. The molecule has 1 aromatic rings. The summed E-state index contributed by atoms with van der Waals surface area (Å²) in [6.45, 7) is 1.76. The van der Waals surface area contributed by atoms with Crippen molar-refractivity contribution in [3.8, 4) is 0 Å². The third-order valence-corrected chi connectivity index (χ3v) is 2.47. The number of nitro groups is 1. The van der Waals surface area contributed by atoms with Crippen molar-refractivity contribution in [2.24, 2.45) is 0 Å². The Balaban J connectivity index is 3.31. The zero-order valence-electron chi connectivity index (χ0n) is 8.38. The zero-order valence-corrected chi connectivity index (χ0v) is 9.97. The highest BCUT2D eigenvalue weighted by Gasteiger charge is 2.22. The third kappa shape index (κ3) is 2.48. The van der Waals surface area contributed by atoms with Gasteiger partial charge in [0.05, 0.1) is 4.92 Å². The van der Waals surface area contributed by atoms with E-state index in [0.717, 1.165) is 4.90 Å². The molecule has 0 aliphatic carbocycles. The second-order valence-electron chi connectivity index (χ2n) is 2.92. The maximum absolute atomic E-state index is 10.9. The van der Waals surface area contributed by atoms with Gasteiger partial charge in [-0.25, -0.2) is 4.79 Å². The van der Waals surface area contributed by atoms with Gasteiger partial charge < -0.3 is 5.11 Å². The maximum atomic E-state index is 10.9. The van der Waals surface area contributed by atoms with E-state index in [-0.39, 0.29) is 17.9 Å². The van der Waals surface area contributed by atoms with E-state index in [0.29, 0.717) is 4.47 Å². The summed E-state index contributed by atoms with van der Waals surface area (Å²) in [5.41, 5.74) is -0.165. The van der Waals surface area contributed by atoms with Gasteiger partial charge in [-0.05, 0) is 19.1 Å². The number of nitrogens with zero attached hydrogens (tertiary/aromatic N) is 2. The molecule has 1 rings (SSSR count). The number of carboxylic acid groups (broad SMARTS) is 1. The predicted octanol–water partition coefficient (Wildman–Crippen LogP) is 2.86. The Kier molecular flexibility index (Phi) is 3.83. The van der Waals surface area contributed by atoms with Crippen LogP contribution in [0.2, 0.25) is 0 Å². The van der Waals surface area contributed by atoms with Crippen LogP contribution in [-0.2, 0) is 0 Å². The number of anilines is 1. The summed E-state index contributed by atoms with van der Waals surface area (Å²) in [7, 11) is 0. The second-order valence-corrected chi connectivity index (χ2v) is 3.83. The molecular weight excluding hydrogens is 280 g/mol.